The Hall–Kier alpha value is -2.69. The molecular formula is C16H18N2O3. The maximum atomic E-state index is 12.2. The van der Waals surface area contributed by atoms with Gasteiger partial charge in [0.05, 0.1) is 18.7 Å². The van der Waals surface area contributed by atoms with Gasteiger partial charge in [0.2, 0.25) is 0 Å². The summed E-state index contributed by atoms with van der Waals surface area (Å²) < 4.78 is 5.10. The van der Waals surface area contributed by atoms with E-state index in [0.29, 0.717) is 5.69 Å². The Labute approximate surface area is 123 Å². The number of benzene rings is 2. The molecule has 0 aliphatic rings. The van der Waals surface area contributed by atoms with Crippen molar-refractivity contribution < 1.29 is 14.6 Å². The fourth-order valence-corrected chi connectivity index (χ4v) is 1.99. The summed E-state index contributed by atoms with van der Waals surface area (Å²) in [6.45, 7) is 1.87. The molecule has 0 radical (unpaired) electrons. The average molecular weight is 286 g/mol. The maximum absolute atomic E-state index is 12.2. The lowest BCUT2D eigenvalue weighted by atomic mass is 10.1. The molecule has 5 heteroatoms. The number of phenols is 1. The minimum absolute atomic E-state index is 0.00597. The van der Waals surface area contributed by atoms with Crippen LogP contribution >= 0.6 is 0 Å². The van der Waals surface area contributed by atoms with Gasteiger partial charge in [0.1, 0.15) is 11.5 Å². The van der Waals surface area contributed by atoms with E-state index in [1.165, 1.54) is 18.2 Å². The van der Waals surface area contributed by atoms with Crippen LogP contribution < -0.4 is 15.8 Å². The monoisotopic (exact) mass is 286 g/mol. The third-order valence-electron chi connectivity index (χ3n) is 3.24. The summed E-state index contributed by atoms with van der Waals surface area (Å²) in [5, 5.41) is 12.3. The van der Waals surface area contributed by atoms with Crippen molar-refractivity contribution in [2.45, 2.75) is 13.0 Å². The van der Waals surface area contributed by atoms with E-state index in [2.05, 4.69) is 5.32 Å². The second kappa shape index (κ2) is 6.17. The molecule has 5 nitrogen and oxygen atoms in total. The molecule has 110 valence electrons. The van der Waals surface area contributed by atoms with Crippen molar-refractivity contribution in [1.29, 1.82) is 0 Å². The molecular weight excluding hydrogens is 268 g/mol. The first kappa shape index (κ1) is 14.7. The minimum Gasteiger partial charge on any atom is -0.508 e. The summed E-state index contributed by atoms with van der Waals surface area (Å²) in [6.07, 6.45) is 0. The third-order valence-corrected chi connectivity index (χ3v) is 3.24. The summed E-state index contributed by atoms with van der Waals surface area (Å²) in [4.78, 5) is 12.2. The topological polar surface area (TPSA) is 84.6 Å². The number of rotatable bonds is 4. The number of carbonyl (C=O) groups is 1. The fourth-order valence-electron chi connectivity index (χ4n) is 1.99. The van der Waals surface area contributed by atoms with Crippen LogP contribution in [0.2, 0.25) is 0 Å². The van der Waals surface area contributed by atoms with Crippen LogP contribution in [0.25, 0.3) is 0 Å². The highest BCUT2D eigenvalue weighted by Crippen LogP contribution is 2.21. The molecule has 2 aromatic rings. The second-order valence-electron chi connectivity index (χ2n) is 4.74. The summed E-state index contributed by atoms with van der Waals surface area (Å²) >= 11 is 0. The zero-order chi connectivity index (χ0) is 15.4. The number of anilines is 1. The number of aromatic hydroxyl groups is 1. The van der Waals surface area contributed by atoms with Gasteiger partial charge in [-0.1, -0.05) is 12.1 Å². The van der Waals surface area contributed by atoms with E-state index in [1.54, 1.807) is 7.11 Å². The first-order valence-corrected chi connectivity index (χ1v) is 6.54. The Bertz CT molecular complexity index is 638. The molecule has 4 N–H and O–H groups in total. The number of nitrogens with two attached hydrogens (primary N) is 1. The van der Waals surface area contributed by atoms with Gasteiger partial charge in [0.25, 0.3) is 5.91 Å². The molecule has 2 aromatic carbocycles. The molecule has 0 aliphatic heterocycles. The van der Waals surface area contributed by atoms with Crippen molar-refractivity contribution in [3.8, 4) is 11.5 Å². The van der Waals surface area contributed by atoms with E-state index in [-0.39, 0.29) is 23.3 Å². The molecule has 0 saturated carbocycles. The molecule has 2 rings (SSSR count). The lowest BCUT2D eigenvalue weighted by Gasteiger charge is -2.15. The standard InChI is InChI=1S/C16H18N2O3/c1-10(11-3-6-13(21-2)7-4-11)18-16(20)14-9-12(19)5-8-15(14)17/h3-10,19H,17H2,1-2H3,(H,18,20). The highest BCUT2D eigenvalue weighted by molar-refractivity contribution is 5.99. The van der Waals surface area contributed by atoms with Gasteiger partial charge >= 0.3 is 0 Å². The van der Waals surface area contributed by atoms with Gasteiger partial charge in [-0.25, -0.2) is 0 Å². The van der Waals surface area contributed by atoms with Gasteiger partial charge in [-0.05, 0) is 42.8 Å². The minimum atomic E-state index is -0.327. The molecule has 1 atom stereocenters. The number of methoxy groups -OCH3 is 1. The number of ether oxygens (including phenoxy) is 1. The SMILES string of the molecule is COc1ccc(C(C)NC(=O)c2cc(O)ccc2N)cc1. The van der Waals surface area contributed by atoms with Crippen LogP contribution in [-0.4, -0.2) is 18.1 Å². The van der Waals surface area contributed by atoms with E-state index in [4.69, 9.17) is 10.5 Å². The molecule has 0 aromatic heterocycles. The molecule has 0 spiro atoms. The second-order valence-corrected chi connectivity index (χ2v) is 4.74. The van der Waals surface area contributed by atoms with E-state index >= 15 is 0 Å². The Morgan fingerprint density at radius 1 is 1.24 bits per heavy atom. The highest BCUT2D eigenvalue weighted by Gasteiger charge is 2.14. The lowest BCUT2D eigenvalue weighted by molar-refractivity contribution is 0.0940. The average Bonchev–Trinajstić information content (AvgIpc) is 2.49. The van der Waals surface area contributed by atoms with Crippen molar-refractivity contribution in [2.75, 3.05) is 12.8 Å². The summed E-state index contributed by atoms with van der Waals surface area (Å²) in [6, 6.07) is 11.5. The van der Waals surface area contributed by atoms with Crippen molar-refractivity contribution in [2.24, 2.45) is 0 Å². The molecule has 1 amide bonds. The van der Waals surface area contributed by atoms with Crippen LogP contribution in [0.5, 0.6) is 11.5 Å². The Morgan fingerprint density at radius 2 is 1.90 bits per heavy atom. The molecule has 1 unspecified atom stereocenters. The van der Waals surface area contributed by atoms with Crippen LogP contribution in [0.4, 0.5) is 5.69 Å². The van der Waals surface area contributed by atoms with E-state index in [0.717, 1.165) is 11.3 Å². The normalized spacial score (nSPS) is 11.7. The Balaban J connectivity index is 2.12. The lowest BCUT2D eigenvalue weighted by Crippen LogP contribution is -2.27. The Morgan fingerprint density at radius 3 is 2.52 bits per heavy atom. The number of hydrogen-bond donors (Lipinski definition) is 3. The van der Waals surface area contributed by atoms with E-state index in [9.17, 15) is 9.90 Å². The number of nitrogens with one attached hydrogen (secondary N) is 1. The largest absolute Gasteiger partial charge is 0.508 e. The number of nitrogen functional groups attached to an aromatic ring is 1. The molecule has 0 aliphatic carbocycles. The van der Waals surface area contributed by atoms with Crippen molar-refractivity contribution in [3.05, 3.63) is 53.6 Å². The fraction of sp³-hybridized carbons (Fsp3) is 0.188. The summed E-state index contributed by atoms with van der Waals surface area (Å²) in [7, 11) is 1.60. The molecule has 0 heterocycles. The predicted octanol–water partition coefficient (Wildman–Crippen LogP) is 2.47. The Kier molecular flexibility index (Phi) is 4.33. The zero-order valence-corrected chi connectivity index (χ0v) is 12.0. The molecule has 0 fully saturated rings. The van der Waals surface area contributed by atoms with E-state index < -0.39 is 0 Å². The van der Waals surface area contributed by atoms with Crippen LogP contribution in [0, 0.1) is 0 Å². The van der Waals surface area contributed by atoms with Crippen LogP contribution in [0.3, 0.4) is 0 Å². The molecule has 21 heavy (non-hydrogen) atoms. The van der Waals surface area contributed by atoms with Gasteiger partial charge < -0.3 is 20.9 Å². The zero-order valence-electron chi connectivity index (χ0n) is 12.0. The smallest absolute Gasteiger partial charge is 0.253 e. The van der Waals surface area contributed by atoms with Crippen LogP contribution in [-0.2, 0) is 0 Å². The first-order chi connectivity index (χ1) is 10.0. The molecule has 0 saturated heterocycles. The summed E-state index contributed by atoms with van der Waals surface area (Å²) in [5.74, 6) is 0.438. The van der Waals surface area contributed by atoms with Crippen molar-refractivity contribution in [3.63, 3.8) is 0 Å². The molecule has 0 bridgehead atoms. The van der Waals surface area contributed by atoms with Crippen LogP contribution in [0.1, 0.15) is 28.9 Å². The summed E-state index contributed by atoms with van der Waals surface area (Å²) in [5.41, 5.74) is 7.29. The van der Waals surface area contributed by atoms with Gasteiger partial charge in [-0.2, -0.15) is 0 Å². The van der Waals surface area contributed by atoms with E-state index in [1.807, 2.05) is 31.2 Å². The maximum Gasteiger partial charge on any atom is 0.253 e. The third kappa shape index (κ3) is 3.45. The quantitative estimate of drug-likeness (QED) is 0.595. The van der Waals surface area contributed by atoms with Gasteiger partial charge in [0, 0.05) is 5.69 Å². The number of hydrogen-bond acceptors (Lipinski definition) is 4. The van der Waals surface area contributed by atoms with Gasteiger partial charge in [-0.3, -0.25) is 4.79 Å². The van der Waals surface area contributed by atoms with Gasteiger partial charge in [-0.15, -0.1) is 0 Å². The van der Waals surface area contributed by atoms with Crippen LogP contribution in [0.15, 0.2) is 42.5 Å². The predicted molar refractivity (Wildman–Crippen MR) is 81.4 cm³/mol. The highest BCUT2D eigenvalue weighted by atomic mass is 16.5. The van der Waals surface area contributed by atoms with Crippen molar-refractivity contribution >= 4 is 11.6 Å². The first-order valence-electron chi connectivity index (χ1n) is 6.54. The number of phenolic OH excluding ortho intramolecular Hbond substituents is 1. The van der Waals surface area contributed by atoms with Gasteiger partial charge in [0.15, 0.2) is 0 Å². The number of carbonyl (C=O) groups excluding carboxylic acids is 1. The van der Waals surface area contributed by atoms with Crippen molar-refractivity contribution in [1.82, 2.24) is 5.32 Å². The number of amides is 1.